The zero-order valence-electron chi connectivity index (χ0n) is 17.3. The van der Waals surface area contributed by atoms with Gasteiger partial charge in [0.15, 0.2) is 6.61 Å². The van der Waals surface area contributed by atoms with E-state index in [9.17, 15) is 14.4 Å². The molecule has 4 rings (SSSR count). The fraction of sp³-hybridized carbons (Fsp3) is 0.240. The lowest BCUT2D eigenvalue weighted by Crippen LogP contribution is -2.30. The SMILES string of the molecule is C[C@@H](c1ccccc1)N1C[C@@H](C(=O)OCC(=O)Nc2cccc3ccccc23)CC1=O. The maximum Gasteiger partial charge on any atom is 0.311 e. The number of carbonyl (C=O) groups is 3. The van der Waals surface area contributed by atoms with Crippen LogP contribution in [0.3, 0.4) is 0 Å². The first-order valence-electron chi connectivity index (χ1n) is 10.3. The van der Waals surface area contributed by atoms with Gasteiger partial charge in [-0.15, -0.1) is 0 Å². The van der Waals surface area contributed by atoms with Crippen molar-refractivity contribution in [3.63, 3.8) is 0 Å². The molecule has 0 aliphatic carbocycles. The minimum atomic E-state index is -0.566. The van der Waals surface area contributed by atoms with Crippen molar-refractivity contribution in [2.24, 2.45) is 5.92 Å². The van der Waals surface area contributed by atoms with Crippen LogP contribution in [0.15, 0.2) is 72.8 Å². The van der Waals surface area contributed by atoms with Crippen molar-refractivity contribution in [2.75, 3.05) is 18.5 Å². The predicted molar refractivity (Wildman–Crippen MR) is 118 cm³/mol. The first-order chi connectivity index (χ1) is 15.0. The van der Waals surface area contributed by atoms with Gasteiger partial charge in [0.2, 0.25) is 5.91 Å². The molecular weight excluding hydrogens is 392 g/mol. The second-order valence-electron chi connectivity index (χ2n) is 7.72. The van der Waals surface area contributed by atoms with E-state index in [1.165, 1.54) is 0 Å². The van der Waals surface area contributed by atoms with Gasteiger partial charge in [-0.3, -0.25) is 14.4 Å². The van der Waals surface area contributed by atoms with Gasteiger partial charge < -0.3 is 15.0 Å². The molecular formula is C25H24N2O4. The van der Waals surface area contributed by atoms with Crippen LogP contribution in [0.5, 0.6) is 0 Å². The summed E-state index contributed by atoms with van der Waals surface area (Å²) in [5.41, 5.74) is 1.68. The lowest BCUT2D eigenvalue weighted by atomic mass is 10.1. The zero-order valence-corrected chi connectivity index (χ0v) is 17.3. The lowest BCUT2D eigenvalue weighted by Gasteiger charge is -2.25. The number of hydrogen-bond acceptors (Lipinski definition) is 4. The van der Waals surface area contributed by atoms with Crippen molar-refractivity contribution in [3.8, 4) is 0 Å². The summed E-state index contributed by atoms with van der Waals surface area (Å²) in [6, 6.07) is 22.9. The standard InChI is InChI=1S/C25H24N2O4/c1-17(18-8-3-2-4-9-18)27-15-20(14-24(27)29)25(30)31-16-23(28)26-22-13-7-11-19-10-5-6-12-21(19)22/h2-13,17,20H,14-16H2,1H3,(H,26,28)/t17-,20-/m0/s1. The molecule has 31 heavy (non-hydrogen) atoms. The molecule has 3 aromatic carbocycles. The number of carbonyl (C=O) groups excluding carboxylic acids is 3. The van der Waals surface area contributed by atoms with E-state index < -0.39 is 17.8 Å². The van der Waals surface area contributed by atoms with E-state index in [2.05, 4.69) is 5.32 Å². The summed E-state index contributed by atoms with van der Waals surface area (Å²) in [5, 5.41) is 4.72. The summed E-state index contributed by atoms with van der Waals surface area (Å²) < 4.78 is 5.22. The van der Waals surface area contributed by atoms with E-state index in [0.717, 1.165) is 16.3 Å². The molecule has 2 atom stereocenters. The van der Waals surface area contributed by atoms with Gasteiger partial charge in [-0.05, 0) is 23.9 Å². The van der Waals surface area contributed by atoms with Crippen molar-refractivity contribution >= 4 is 34.2 Å². The monoisotopic (exact) mass is 416 g/mol. The first-order valence-corrected chi connectivity index (χ1v) is 10.3. The molecule has 1 aliphatic heterocycles. The topological polar surface area (TPSA) is 75.7 Å². The Morgan fingerprint density at radius 3 is 2.55 bits per heavy atom. The van der Waals surface area contributed by atoms with Gasteiger partial charge in [0, 0.05) is 24.0 Å². The van der Waals surface area contributed by atoms with Crippen LogP contribution in [0.2, 0.25) is 0 Å². The number of esters is 1. The van der Waals surface area contributed by atoms with Gasteiger partial charge in [-0.1, -0.05) is 66.7 Å². The Kier molecular flexibility index (Phi) is 5.98. The molecule has 0 saturated carbocycles. The molecule has 0 unspecified atom stereocenters. The van der Waals surface area contributed by atoms with Gasteiger partial charge in [0.25, 0.3) is 5.91 Å². The molecule has 1 saturated heterocycles. The van der Waals surface area contributed by atoms with Crippen LogP contribution in [0.4, 0.5) is 5.69 Å². The van der Waals surface area contributed by atoms with E-state index in [-0.39, 0.29) is 25.0 Å². The van der Waals surface area contributed by atoms with Crippen LogP contribution in [-0.4, -0.2) is 35.8 Å². The van der Waals surface area contributed by atoms with Crippen LogP contribution >= 0.6 is 0 Å². The number of anilines is 1. The van der Waals surface area contributed by atoms with E-state index in [4.69, 9.17) is 4.74 Å². The summed E-state index contributed by atoms with van der Waals surface area (Å²) in [5.74, 6) is -1.59. The fourth-order valence-corrected chi connectivity index (χ4v) is 3.95. The van der Waals surface area contributed by atoms with Gasteiger partial charge in [0.1, 0.15) is 0 Å². The third-order valence-corrected chi connectivity index (χ3v) is 5.65. The zero-order chi connectivity index (χ0) is 21.8. The van der Waals surface area contributed by atoms with Crippen molar-refractivity contribution in [1.82, 2.24) is 4.90 Å². The van der Waals surface area contributed by atoms with Crippen LogP contribution in [0, 0.1) is 5.92 Å². The normalized spacial score (nSPS) is 16.9. The van der Waals surface area contributed by atoms with Crippen LogP contribution in [0.25, 0.3) is 10.8 Å². The van der Waals surface area contributed by atoms with Crippen LogP contribution in [-0.2, 0) is 19.1 Å². The largest absolute Gasteiger partial charge is 0.455 e. The second-order valence-corrected chi connectivity index (χ2v) is 7.72. The summed E-state index contributed by atoms with van der Waals surface area (Å²) in [7, 11) is 0. The van der Waals surface area contributed by atoms with Crippen LogP contribution in [0.1, 0.15) is 24.9 Å². The highest BCUT2D eigenvalue weighted by atomic mass is 16.5. The highest BCUT2D eigenvalue weighted by molar-refractivity contribution is 6.02. The molecule has 0 bridgehead atoms. The summed E-state index contributed by atoms with van der Waals surface area (Å²) in [4.78, 5) is 39.0. The van der Waals surface area contributed by atoms with E-state index in [1.807, 2.05) is 73.7 Å². The van der Waals surface area contributed by atoms with Crippen molar-refractivity contribution in [1.29, 1.82) is 0 Å². The highest BCUT2D eigenvalue weighted by Gasteiger charge is 2.38. The Bertz CT molecular complexity index is 1110. The van der Waals surface area contributed by atoms with Gasteiger partial charge >= 0.3 is 5.97 Å². The Morgan fingerprint density at radius 2 is 1.74 bits per heavy atom. The second kappa shape index (κ2) is 9.00. The number of nitrogens with one attached hydrogen (secondary N) is 1. The molecule has 0 aromatic heterocycles. The predicted octanol–water partition coefficient (Wildman–Crippen LogP) is 3.93. The Balaban J connectivity index is 1.32. The van der Waals surface area contributed by atoms with Crippen LogP contribution < -0.4 is 5.32 Å². The van der Waals surface area contributed by atoms with Gasteiger partial charge in [-0.25, -0.2) is 0 Å². The molecule has 3 aromatic rings. The minimum absolute atomic E-state index is 0.0847. The summed E-state index contributed by atoms with van der Waals surface area (Å²) >= 11 is 0. The van der Waals surface area contributed by atoms with Crippen molar-refractivity contribution in [2.45, 2.75) is 19.4 Å². The quantitative estimate of drug-likeness (QED) is 0.618. The lowest BCUT2D eigenvalue weighted by molar-refractivity contribution is -0.151. The van der Waals surface area contributed by atoms with Gasteiger partial charge in [-0.2, -0.15) is 0 Å². The molecule has 6 nitrogen and oxygen atoms in total. The van der Waals surface area contributed by atoms with E-state index in [0.29, 0.717) is 12.2 Å². The average Bonchev–Trinajstić information content (AvgIpc) is 3.19. The Morgan fingerprint density at radius 1 is 1.03 bits per heavy atom. The van der Waals surface area contributed by atoms with E-state index >= 15 is 0 Å². The number of ether oxygens (including phenoxy) is 1. The number of benzene rings is 3. The highest BCUT2D eigenvalue weighted by Crippen LogP contribution is 2.29. The maximum absolute atomic E-state index is 12.5. The summed E-state index contributed by atoms with van der Waals surface area (Å²) in [6.07, 6.45) is 0.0982. The number of fused-ring (bicyclic) bond motifs is 1. The number of amides is 2. The van der Waals surface area contributed by atoms with Crippen molar-refractivity contribution in [3.05, 3.63) is 78.4 Å². The molecule has 1 N–H and O–H groups in total. The first kappa shape index (κ1) is 20.6. The molecule has 158 valence electrons. The number of likely N-dealkylation sites (tertiary alicyclic amines) is 1. The third kappa shape index (κ3) is 4.58. The molecule has 0 radical (unpaired) electrons. The molecule has 1 aliphatic rings. The van der Waals surface area contributed by atoms with Crippen molar-refractivity contribution < 1.29 is 19.1 Å². The Labute approximate surface area is 180 Å². The third-order valence-electron chi connectivity index (χ3n) is 5.65. The Hall–Kier alpha value is -3.67. The molecule has 1 heterocycles. The molecule has 2 amide bonds. The summed E-state index contributed by atoms with van der Waals surface area (Å²) in [6.45, 7) is 1.85. The average molecular weight is 416 g/mol. The van der Waals surface area contributed by atoms with E-state index in [1.54, 1.807) is 11.0 Å². The molecule has 6 heteroatoms. The fourth-order valence-electron chi connectivity index (χ4n) is 3.95. The number of nitrogens with zero attached hydrogens (tertiary/aromatic N) is 1. The number of rotatable bonds is 6. The molecule has 1 fully saturated rings. The molecule has 0 spiro atoms. The minimum Gasteiger partial charge on any atom is -0.455 e. The maximum atomic E-state index is 12.5. The number of hydrogen-bond donors (Lipinski definition) is 1. The smallest absolute Gasteiger partial charge is 0.311 e. The van der Waals surface area contributed by atoms with Gasteiger partial charge in [0.05, 0.1) is 12.0 Å².